The minimum Gasteiger partial charge on any atom is -0.355 e. The number of rotatable bonds is 12. The molecule has 0 spiro atoms. The molecule has 10 heteroatoms. The van der Waals surface area contributed by atoms with Crippen molar-refractivity contribution in [3.63, 3.8) is 0 Å². The summed E-state index contributed by atoms with van der Waals surface area (Å²) in [6.07, 6.45) is 0.239. The van der Waals surface area contributed by atoms with Crippen molar-refractivity contribution < 1.29 is 18.0 Å². The third-order valence-electron chi connectivity index (χ3n) is 6.86. The molecule has 4 aromatic rings. The van der Waals surface area contributed by atoms with Crippen LogP contribution in [0, 0.1) is 6.92 Å². The van der Waals surface area contributed by atoms with Gasteiger partial charge in [0.05, 0.1) is 20.6 Å². The van der Waals surface area contributed by atoms with Crippen molar-refractivity contribution in [2.75, 3.05) is 17.4 Å². The van der Waals surface area contributed by atoms with Gasteiger partial charge in [-0.1, -0.05) is 102 Å². The molecule has 2 amide bonds. The Morgan fingerprint density at radius 3 is 2.09 bits per heavy atom. The molecule has 0 aromatic heterocycles. The van der Waals surface area contributed by atoms with Crippen molar-refractivity contribution >= 4 is 50.7 Å². The van der Waals surface area contributed by atoms with E-state index in [1.807, 2.05) is 68.4 Å². The highest BCUT2D eigenvalue weighted by Gasteiger charge is 2.34. The SMILES string of the molecule is CCNC(=O)[C@@H](Cc1ccccc1)N(Cc1cccc(C)c1)C(=O)CN(c1ccc(Cl)c(Cl)c1)S(=O)(=O)c1ccccc1. The number of nitrogens with zero attached hydrogens (tertiary/aromatic N) is 2. The van der Waals surface area contributed by atoms with Crippen molar-refractivity contribution in [2.45, 2.75) is 37.8 Å². The Kier molecular flexibility index (Phi) is 10.9. The fourth-order valence-electron chi connectivity index (χ4n) is 4.74. The molecule has 0 saturated carbocycles. The molecule has 0 radical (unpaired) electrons. The number of anilines is 1. The van der Waals surface area contributed by atoms with E-state index in [9.17, 15) is 18.0 Å². The number of aryl methyl sites for hydroxylation is 1. The average molecular weight is 639 g/mol. The largest absolute Gasteiger partial charge is 0.355 e. The van der Waals surface area contributed by atoms with E-state index in [-0.39, 0.29) is 39.5 Å². The molecule has 7 nitrogen and oxygen atoms in total. The molecule has 0 heterocycles. The lowest BCUT2D eigenvalue weighted by Gasteiger charge is -2.34. The predicted octanol–water partition coefficient (Wildman–Crippen LogP) is 6.27. The van der Waals surface area contributed by atoms with Gasteiger partial charge in [0, 0.05) is 19.5 Å². The quantitative estimate of drug-likeness (QED) is 0.198. The maximum atomic E-state index is 14.4. The summed E-state index contributed by atoms with van der Waals surface area (Å²) in [6.45, 7) is 3.64. The lowest BCUT2D eigenvalue weighted by atomic mass is 10.0. The zero-order valence-electron chi connectivity index (χ0n) is 23.9. The summed E-state index contributed by atoms with van der Waals surface area (Å²) in [6, 6.07) is 28.4. The van der Waals surface area contributed by atoms with Crippen molar-refractivity contribution in [1.82, 2.24) is 10.2 Å². The Hall–Kier alpha value is -3.85. The van der Waals surface area contributed by atoms with Crippen LogP contribution in [0.2, 0.25) is 10.0 Å². The van der Waals surface area contributed by atoms with E-state index in [1.54, 1.807) is 18.2 Å². The highest BCUT2D eigenvalue weighted by atomic mass is 35.5. The topological polar surface area (TPSA) is 86.8 Å². The number of halogens is 2. The second kappa shape index (κ2) is 14.6. The number of amides is 2. The lowest BCUT2D eigenvalue weighted by molar-refractivity contribution is -0.140. The summed E-state index contributed by atoms with van der Waals surface area (Å²) in [5.74, 6) is -0.890. The van der Waals surface area contributed by atoms with Crippen LogP contribution in [0.15, 0.2) is 108 Å². The van der Waals surface area contributed by atoms with Gasteiger partial charge < -0.3 is 10.2 Å². The highest BCUT2D eigenvalue weighted by Crippen LogP contribution is 2.31. The Labute approximate surface area is 263 Å². The van der Waals surface area contributed by atoms with Gasteiger partial charge in [-0.05, 0) is 55.3 Å². The van der Waals surface area contributed by atoms with E-state index in [0.29, 0.717) is 6.54 Å². The van der Waals surface area contributed by atoms with Gasteiger partial charge in [-0.2, -0.15) is 0 Å². The summed E-state index contributed by atoms with van der Waals surface area (Å²) in [4.78, 5) is 29.4. The van der Waals surface area contributed by atoms with Crippen LogP contribution in [-0.4, -0.2) is 44.3 Å². The van der Waals surface area contributed by atoms with Crippen LogP contribution < -0.4 is 9.62 Å². The Bertz CT molecular complexity index is 1670. The van der Waals surface area contributed by atoms with Crippen molar-refractivity contribution in [1.29, 1.82) is 0 Å². The number of sulfonamides is 1. The van der Waals surface area contributed by atoms with Crippen LogP contribution in [-0.2, 0) is 32.6 Å². The van der Waals surface area contributed by atoms with Crippen molar-refractivity contribution in [2.24, 2.45) is 0 Å². The standard InChI is InChI=1S/C33H33Cl2N3O4S/c1-3-36-33(40)31(20-25-12-6-4-7-13-25)37(22-26-14-10-11-24(2)19-26)32(39)23-38(27-17-18-29(34)30(35)21-27)43(41,42)28-15-8-5-9-16-28/h4-19,21,31H,3,20,22-23H2,1-2H3,(H,36,40)/t31-/m1/s1. The van der Waals surface area contributed by atoms with Gasteiger partial charge in [0.25, 0.3) is 10.0 Å². The second-order valence-corrected chi connectivity index (χ2v) is 12.7. The number of carbonyl (C=O) groups excluding carboxylic acids is 2. The first kappa shape index (κ1) is 32.1. The van der Waals surface area contributed by atoms with E-state index in [0.717, 1.165) is 21.0 Å². The molecular weight excluding hydrogens is 605 g/mol. The molecule has 43 heavy (non-hydrogen) atoms. The maximum Gasteiger partial charge on any atom is 0.264 e. The first-order valence-corrected chi connectivity index (χ1v) is 16.0. The minimum absolute atomic E-state index is 0.00340. The second-order valence-electron chi connectivity index (χ2n) is 10.0. The van der Waals surface area contributed by atoms with Crippen LogP contribution in [0.4, 0.5) is 5.69 Å². The molecule has 0 aliphatic rings. The molecule has 4 rings (SSSR count). The number of hydrogen-bond acceptors (Lipinski definition) is 4. The van der Waals surface area contributed by atoms with Crippen LogP contribution >= 0.6 is 23.2 Å². The van der Waals surface area contributed by atoms with E-state index in [1.165, 1.54) is 35.2 Å². The van der Waals surface area contributed by atoms with Gasteiger partial charge in [-0.15, -0.1) is 0 Å². The Morgan fingerprint density at radius 1 is 0.814 bits per heavy atom. The number of benzene rings is 4. The fraction of sp³-hybridized carbons (Fsp3) is 0.212. The molecule has 0 aliphatic carbocycles. The zero-order chi connectivity index (χ0) is 31.0. The molecule has 1 N–H and O–H groups in total. The molecule has 0 unspecified atom stereocenters. The van der Waals surface area contributed by atoms with Gasteiger partial charge in [0.1, 0.15) is 12.6 Å². The van der Waals surface area contributed by atoms with E-state index in [2.05, 4.69) is 5.32 Å². The molecule has 0 fully saturated rings. The Balaban J connectivity index is 1.81. The molecular formula is C33H33Cl2N3O4S. The Morgan fingerprint density at radius 2 is 1.47 bits per heavy atom. The van der Waals surface area contributed by atoms with Crippen LogP contribution in [0.25, 0.3) is 0 Å². The molecule has 224 valence electrons. The van der Waals surface area contributed by atoms with Gasteiger partial charge in [0.2, 0.25) is 11.8 Å². The van der Waals surface area contributed by atoms with E-state index >= 15 is 0 Å². The van der Waals surface area contributed by atoms with Crippen LogP contribution in [0.5, 0.6) is 0 Å². The first-order chi connectivity index (χ1) is 20.6. The summed E-state index contributed by atoms with van der Waals surface area (Å²) >= 11 is 12.4. The first-order valence-electron chi connectivity index (χ1n) is 13.8. The van der Waals surface area contributed by atoms with Crippen molar-refractivity contribution in [3.8, 4) is 0 Å². The zero-order valence-corrected chi connectivity index (χ0v) is 26.2. The summed E-state index contributed by atoms with van der Waals surface area (Å²) in [7, 11) is -4.22. The van der Waals surface area contributed by atoms with Gasteiger partial charge >= 0.3 is 0 Å². The minimum atomic E-state index is -4.22. The van der Waals surface area contributed by atoms with Gasteiger partial charge in [-0.25, -0.2) is 8.42 Å². The van der Waals surface area contributed by atoms with Gasteiger partial charge in [0.15, 0.2) is 0 Å². The van der Waals surface area contributed by atoms with E-state index in [4.69, 9.17) is 23.2 Å². The third-order valence-corrected chi connectivity index (χ3v) is 9.39. The number of likely N-dealkylation sites (N-methyl/N-ethyl adjacent to an activating group) is 1. The molecule has 1 atom stereocenters. The van der Waals surface area contributed by atoms with Gasteiger partial charge in [-0.3, -0.25) is 13.9 Å². The number of nitrogens with one attached hydrogen (secondary N) is 1. The molecule has 0 aliphatic heterocycles. The summed E-state index contributed by atoms with van der Waals surface area (Å²) < 4.78 is 29.0. The maximum absolute atomic E-state index is 14.4. The van der Waals surface area contributed by atoms with E-state index < -0.39 is 28.5 Å². The number of hydrogen-bond donors (Lipinski definition) is 1. The van der Waals surface area contributed by atoms with Crippen LogP contribution in [0.1, 0.15) is 23.6 Å². The summed E-state index contributed by atoms with van der Waals surface area (Å²) in [5.41, 5.74) is 2.83. The molecule has 0 bridgehead atoms. The normalized spacial score (nSPS) is 11.9. The average Bonchev–Trinajstić information content (AvgIpc) is 3.00. The van der Waals surface area contributed by atoms with Crippen molar-refractivity contribution in [3.05, 3.63) is 130 Å². The summed E-state index contributed by atoms with van der Waals surface area (Å²) in [5, 5.41) is 3.24. The number of carbonyl (C=O) groups is 2. The molecule has 4 aromatic carbocycles. The van der Waals surface area contributed by atoms with Crippen LogP contribution in [0.3, 0.4) is 0 Å². The lowest BCUT2D eigenvalue weighted by Crippen LogP contribution is -2.53. The highest BCUT2D eigenvalue weighted by molar-refractivity contribution is 7.92. The fourth-order valence-corrected chi connectivity index (χ4v) is 6.46. The predicted molar refractivity (Wildman–Crippen MR) is 172 cm³/mol. The smallest absolute Gasteiger partial charge is 0.264 e. The molecule has 0 saturated heterocycles. The third kappa shape index (κ3) is 8.16. The monoisotopic (exact) mass is 637 g/mol.